The molecule has 0 atom stereocenters. The highest BCUT2D eigenvalue weighted by Gasteiger charge is 2.35. The molecular formula is C11H11ClF3N3. The largest absolute Gasteiger partial charge is 0.417 e. The van der Waals surface area contributed by atoms with E-state index in [1.54, 1.807) is 6.92 Å². The van der Waals surface area contributed by atoms with E-state index in [0.717, 1.165) is 12.5 Å². The van der Waals surface area contributed by atoms with Crippen LogP contribution in [0.1, 0.15) is 24.6 Å². The molecule has 2 aromatic heterocycles. The normalized spacial score (nSPS) is 12.3. The maximum absolute atomic E-state index is 12.9. The minimum Gasteiger partial charge on any atom is -0.267 e. The number of halogens is 4. The lowest BCUT2D eigenvalue weighted by Gasteiger charge is -2.08. The molecule has 0 aliphatic heterocycles. The third kappa shape index (κ3) is 2.16. The van der Waals surface area contributed by atoms with Crippen LogP contribution >= 0.6 is 11.6 Å². The van der Waals surface area contributed by atoms with E-state index in [0.29, 0.717) is 12.2 Å². The maximum Gasteiger partial charge on any atom is 0.417 e. The average Bonchev–Trinajstić information content (AvgIpc) is 2.54. The Balaban J connectivity index is 2.78. The summed E-state index contributed by atoms with van der Waals surface area (Å²) in [6.45, 7) is 4.09. The van der Waals surface area contributed by atoms with Crippen molar-refractivity contribution in [3.05, 3.63) is 22.5 Å². The summed E-state index contributed by atoms with van der Waals surface area (Å²) in [4.78, 5) is 3.85. The van der Waals surface area contributed by atoms with Crippen molar-refractivity contribution in [1.82, 2.24) is 14.8 Å². The monoisotopic (exact) mass is 277 g/mol. The Bertz CT molecular complexity index is 589. The lowest BCUT2D eigenvalue weighted by atomic mass is 10.1. The van der Waals surface area contributed by atoms with E-state index in [9.17, 15) is 13.2 Å². The van der Waals surface area contributed by atoms with Crippen molar-refractivity contribution >= 4 is 22.6 Å². The van der Waals surface area contributed by atoms with Crippen LogP contribution in [0, 0.1) is 6.92 Å². The van der Waals surface area contributed by atoms with Gasteiger partial charge < -0.3 is 0 Å². The minimum absolute atomic E-state index is 0.0281. The molecule has 0 aliphatic carbocycles. The second-order valence-electron chi connectivity index (χ2n) is 4.00. The molecule has 98 valence electrons. The van der Waals surface area contributed by atoms with Crippen molar-refractivity contribution in [1.29, 1.82) is 0 Å². The first kappa shape index (κ1) is 13.1. The fourth-order valence-corrected chi connectivity index (χ4v) is 2.09. The Morgan fingerprint density at radius 3 is 2.61 bits per heavy atom. The van der Waals surface area contributed by atoms with E-state index < -0.39 is 11.7 Å². The van der Waals surface area contributed by atoms with Crippen molar-refractivity contribution < 1.29 is 13.2 Å². The van der Waals surface area contributed by atoms with Crippen molar-refractivity contribution in [3.63, 3.8) is 0 Å². The van der Waals surface area contributed by atoms with Crippen LogP contribution in [0.5, 0.6) is 0 Å². The molecule has 7 heteroatoms. The molecule has 0 aliphatic rings. The molecule has 0 saturated heterocycles. The standard InChI is InChI=1S/C11H11ClF3N3/c1-3-4-18-6(2)9-7(11(13,14)15)5-8(12)16-10(9)17-18/h5H,3-4H2,1-2H3. The maximum atomic E-state index is 12.9. The summed E-state index contributed by atoms with van der Waals surface area (Å²) in [6, 6.07) is 0.842. The molecule has 0 N–H and O–H groups in total. The summed E-state index contributed by atoms with van der Waals surface area (Å²) in [7, 11) is 0. The summed E-state index contributed by atoms with van der Waals surface area (Å²) >= 11 is 5.61. The Morgan fingerprint density at radius 1 is 1.39 bits per heavy atom. The third-order valence-electron chi connectivity index (χ3n) is 2.67. The molecule has 0 amide bonds. The molecular weight excluding hydrogens is 267 g/mol. The smallest absolute Gasteiger partial charge is 0.267 e. The van der Waals surface area contributed by atoms with Crippen molar-refractivity contribution in [2.24, 2.45) is 0 Å². The van der Waals surface area contributed by atoms with Gasteiger partial charge in [-0.3, -0.25) is 4.68 Å². The Morgan fingerprint density at radius 2 is 2.06 bits per heavy atom. The lowest BCUT2D eigenvalue weighted by Crippen LogP contribution is -2.07. The first-order chi connectivity index (χ1) is 8.34. The number of nitrogens with zero attached hydrogens (tertiary/aromatic N) is 3. The zero-order valence-electron chi connectivity index (χ0n) is 9.85. The topological polar surface area (TPSA) is 30.7 Å². The van der Waals surface area contributed by atoms with Crippen LogP contribution in [0.3, 0.4) is 0 Å². The molecule has 0 unspecified atom stereocenters. The molecule has 18 heavy (non-hydrogen) atoms. The van der Waals surface area contributed by atoms with Crippen molar-refractivity contribution in [3.8, 4) is 0 Å². The molecule has 0 radical (unpaired) electrons. The van der Waals surface area contributed by atoms with Gasteiger partial charge in [-0.05, 0) is 19.4 Å². The quantitative estimate of drug-likeness (QED) is 0.781. The predicted molar refractivity (Wildman–Crippen MR) is 62.6 cm³/mol. The summed E-state index contributed by atoms with van der Waals surface area (Å²) in [6.07, 6.45) is -3.68. The van der Waals surface area contributed by atoms with E-state index in [1.807, 2.05) is 6.92 Å². The summed E-state index contributed by atoms with van der Waals surface area (Å²) in [5.41, 5.74) is -0.276. The number of hydrogen-bond acceptors (Lipinski definition) is 2. The van der Waals surface area contributed by atoms with Crippen LogP contribution in [0.2, 0.25) is 5.15 Å². The van der Waals surface area contributed by atoms with Crippen LogP contribution in [-0.2, 0) is 12.7 Å². The highest BCUT2D eigenvalue weighted by atomic mass is 35.5. The highest BCUT2D eigenvalue weighted by Crippen LogP contribution is 2.36. The van der Waals surface area contributed by atoms with Gasteiger partial charge in [-0.15, -0.1) is 0 Å². The van der Waals surface area contributed by atoms with Crippen molar-refractivity contribution in [2.45, 2.75) is 33.0 Å². The molecule has 0 spiro atoms. The second kappa shape index (κ2) is 4.42. The Hall–Kier alpha value is -1.30. The Labute approximate surface area is 107 Å². The van der Waals surface area contributed by atoms with Crippen LogP contribution in [0.4, 0.5) is 13.2 Å². The summed E-state index contributed by atoms with van der Waals surface area (Å²) < 4.78 is 40.4. The average molecular weight is 278 g/mol. The zero-order chi connectivity index (χ0) is 13.5. The number of aryl methyl sites for hydroxylation is 2. The zero-order valence-corrected chi connectivity index (χ0v) is 10.6. The summed E-state index contributed by atoms with van der Waals surface area (Å²) in [5.74, 6) is 0. The number of aromatic nitrogens is 3. The van der Waals surface area contributed by atoms with Crippen LogP contribution in [-0.4, -0.2) is 14.8 Å². The molecule has 0 fully saturated rings. The fourth-order valence-electron chi connectivity index (χ4n) is 1.90. The first-order valence-electron chi connectivity index (χ1n) is 5.45. The molecule has 0 bridgehead atoms. The van der Waals surface area contributed by atoms with Gasteiger partial charge in [0.1, 0.15) is 5.15 Å². The predicted octanol–water partition coefficient (Wildman–Crippen LogP) is 3.82. The van der Waals surface area contributed by atoms with Crippen molar-refractivity contribution in [2.75, 3.05) is 0 Å². The molecule has 0 aromatic carbocycles. The van der Waals surface area contributed by atoms with Gasteiger partial charge >= 0.3 is 6.18 Å². The van der Waals surface area contributed by atoms with E-state index >= 15 is 0 Å². The first-order valence-corrected chi connectivity index (χ1v) is 5.83. The number of fused-ring (bicyclic) bond motifs is 1. The molecule has 0 saturated carbocycles. The molecule has 2 rings (SSSR count). The van der Waals surface area contributed by atoms with Gasteiger partial charge in [0.05, 0.1) is 10.9 Å². The molecule has 3 nitrogen and oxygen atoms in total. The molecule has 2 aromatic rings. The van der Waals surface area contributed by atoms with Gasteiger partial charge in [0, 0.05) is 12.2 Å². The van der Waals surface area contributed by atoms with Gasteiger partial charge in [0.25, 0.3) is 0 Å². The van der Waals surface area contributed by atoms with E-state index in [4.69, 9.17) is 11.6 Å². The molecule has 2 heterocycles. The lowest BCUT2D eigenvalue weighted by molar-refractivity contribution is -0.136. The number of pyridine rings is 1. The van der Waals surface area contributed by atoms with Crippen LogP contribution in [0.15, 0.2) is 6.07 Å². The van der Waals surface area contributed by atoms with Gasteiger partial charge in [-0.25, -0.2) is 4.98 Å². The Kier molecular flexibility index (Phi) is 3.23. The van der Waals surface area contributed by atoms with Gasteiger partial charge in [-0.2, -0.15) is 18.3 Å². The highest BCUT2D eigenvalue weighted by molar-refractivity contribution is 6.29. The second-order valence-corrected chi connectivity index (χ2v) is 4.38. The van der Waals surface area contributed by atoms with E-state index in [1.165, 1.54) is 4.68 Å². The number of hydrogen-bond donors (Lipinski definition) is 0. The SMILES string of the molecule is CCCn1nc2nc(Cl)cc(C(F)(F)F)c2c1C. The summed E-state index contributed by atoms with van der Waals surface area (Å²) in [5, 5.41) is 3.89. The minimum atomic E-state index is -4.46. The number of rotatable bonds is 2. The van der Waals surface area contributed by atoms with Gasteiger partial charge in [0.15, 0.2) is 5.65 Å². The van der Waals surface area contributed by atoms with Gasteiger partial charge in [-0.1, -0.05) is 18.5 Å². The van der Waals surface area contributed by atoms with Crippen LogP contribution < -0.4 is 0 Å². The van der Waals surface area contributed by atoms with Gasteiger partial charge in [0.2, 0.25) is 0 Å². The van der Waals surface area contributed by atoms with E-state index in [2.05, 4.69) is 10.1 Å². The third-order valence-corrected chi connectivity index (χ3v) is 2.87. The number of alkyl halides is 3. The fraction of sp³-hybridized carbons (Fsp3) is 0.455. The van der Waals surface area contributed by atoms with E-state index in [-0.39, 0.29) is 16.2 Å². The van der Waals surface area contributed by atoms with Crippen LogP contribution in [0.25, 0.3) is 11.0 Å².